The van der Waals surface area contributed by atoms with E-state index in [9.17, 15) is 0 Å². The van der Waals surface area contributed by atoms with Crippen LogP contribution in [0.5, 0.6) is 11.5 Å². The van der Waals surface area contributed by atoms with E-state index in [0.29, 0.717) is 25.8 Å². The molecule has 1 aromatic heterocycles. The molecular formula is C15H18BrN3O2. The minimum absolute atomic E-state index is 0.365. The summed E-state index contributed by atoms with van der Waals surface area (Å²) in [4.78, 5) is 0. The highest BCUT2D eigenvalue weighted by Gasteiger charge is 2.16. The van der Waals surface area contributed by atoms with Gasteiger partial charge in [0.2, 0.25) is 0 Å². The molecule has 21 heavy (non-hydrogen) atoms. The van der Waals surface area contributed by atoms with Gasteiger partial charge in [0.1, 0.15) is 13.2 Å². The van der Waals surface area contributed by atoms with Gasteiger partial charge in [0.05, 0.1) is 16.4 Å². The lowest BCUT2D eigenvalue weighted by Crippen LogP contribution is -2.16. The molecule has 0 spiro atoms. The van der Waals surface area contributed by atoms with Crippen molar-refractivity contribution < 1.29 is 9.47 Å². The van der Waals surface area contributed by atoms with Gasteiger partial charge in [0.15, 0.2) is 11.5 Å². The van der Waals surface area contributed by atoms with Gasteiger partial charge in [-0.2, -0.15) is 5.10 Å². The molecule has 5 nitrogen and oxygen atoms in total. The van der Waals surface area contributed by atoms with Crippen molar-refractivity contribution in [2.75, 3.05) is 18.5 Å². The predicted molar refractivity (Wildman–Crippen MR) is 85.1 cm³/mol. The van der Waals surface area contributed by atoms with Gasteiger partial charge >= 0.3 is 0 Å². The van der Waals surface area contributed by atoms with Crippen LogP contribution in [-0.4, -0.2) is 23.0 Å². The fourth-order valence-corrected chi connectivity index (χ4v) is 2.79. The lowest BCUT2D eigenvalue weighted by molar-refractivity contribution is 0.170. The van der Waals surface area contributed by atoms with E-state index in [1.54, 1.807) is 0 Å². The number of hydrogen-bond donors (Lipinski definition) is 1. The van der Waals surface area contributed by atoms with Crippen LogP contribution in [-0.2, 0) is 6.54 Å². The zero-order valence-electron chi connectivity index (χ0n) is 12.1. The SMILES string of the molecule is CC(C)n1cc(NCc2cc(Br)c3c(c2)OCCO3)cn1. The average molecular weight is 352 g/mol. The number of fused-ring (bicyclic) bond motifs is 1. The molecular weight excluding hydrogens is 334 g/mol. The second-order valence-electron chi connectivity index (χ2n) is 5.26. The van der Waals surface area contributed by atoms with Gasteiger partial charge in [0, 0.05) is 18.8 Å². The highest BCUT2D eigenvalue weighted by Crippen LogP contribution is 2.38. The van der Waals surface area contributed by atoms with Crippen molar-refractivity contribution in [3.8, 4) is 11.5 Å². The Kier molecular flexibility index (Phi) is 4.05. The van der Waals surface area contributed by atoms with Crippen molar-refractivity contribution in [1.82, 2.24) is 9.78 Å². The third-order valence-corrected chi connectivity index (χ3v) is 3.87. The van der Waals surface area contributed by atoms with Crippen LogP contribution < -0.4 is 14.8 Å². The molecule has 0 saturated carbocycles. The Hall–Kier alpha value is -1.69. The summed E-state index contributed by atoms with van der Waals surface area (Å²) >= 11 is 3.53. The minimum Gasteiger partial charge on any atom is -0.486 e. The molecule has 1 N–H and O–H groups in total. The van der Waals surface area contributed by atoms with Crippen LogP contribution in [0.3, 0.4) is 0 Å². The maximum atomic E-state index is 5.63. The summed E-state index contributed by atoms with van der Waals surface area (Å²) in [5.74, 6) is 1.59. The zero-order valence-corrected chi connectivity index (χ0v) is 13.7. The molecule has 6 heteroatoms. The first-order chi connectivity index (χ1) is 10.1. The van der Waals surface area contributed by atoms with Gasteiger partial charge in [-0.25, -0.2) is 0 Å². The molecule has 0 unspecified atom stereocenters. The lowest BCUT2D eigenvalue weighted by atomic mass is 10.2. The fraction of sp³-hybridized carbons (Fsp3) is 0.400. The second kappa shape index (κ2) is 5.97. The van der Waals surface area contributed by atoms with Crippen molar-refractivity contribution in [3.63, 3.8) is 0 Å². The van der Waals surface area contributed by atoms with Crippen molar-refractivity contribution in [2.45, 2.75) is 26.4 Å². The summed E-state index contributed by atoms with van der Waals surface area (Å²) in [6, 6.07) is 4.43. The van der Waals surface area contributed by atoms with Crippen molar-refractivity contribution in [3.05, 3.63) is 34.6 Å². The van der Waals surface area contributed by atoms with E-state index in [2.05, 4.69) is 40.2 Å². The Morgan fingerprint density at radius 3 is 2.90 bits per heavy atom. The Labute approximate surface area is 132 Å². The van der Waals surface area contributed by atoms with Crippen LogP contribution in [0, 0.1) is 0 Å². The van der Waals surface area contributed by atoms with E-state index in [-0.39, 0.29) is 0 Å². The summed E-state index contributed by atoms with van der Waals surface area (Å²) < 4.78 is 14.1. The summed E-state index contributed by atoms with van der Waals surface area (Å²) in [6.07, 6.45) is 3.85. The number of benzene rings is 1. The molecule has 2 aromatic rings. The van der Waals surface area contributed by atoms with Crippen molar-refractivity contribution in [1.29, 1.82) is 0 Å². The molecule has 112 valence electrons. The molecule has 0 atom stereocenters. The maximum Gasteiger partial charge on any atom is 0.175 e. The Morgan fingerprint density at radius 2 is 2.14 bits per heavy atom. The summed E-state index contributed by atoms with van der Waals surface area (Å²) in [6.45, 7) is 6.11. The molecule has 2 heterocycles. The Morgan fingerprint density at radius 1 is 1.33 bits per heavy atom. The van der Waals surface area contributed by atoms with Crippen LogP contribution in [0.2, 0.25) is 0 Å². The Balaban J connectivity index is 1.71. The van der Waals surface area contributed by atoms with E-state index < -0.39 is 0 Å². The number of rotatable bonds is 4. The van der Waals surface area contributed by atoms with Crippen LogP contribution in [0.4, 0.5) is 5.69 Å². The third kappa shape index (κ3) is 3.15. The average Bonchev–Trinajstić information content (AvgIpc) is 2.94. The number of ether oxygens (including phenoxy) is 2. The second-order valence-corrected chi connectivity index (χ2v) is 6.11. The standard InChI is InChI=1S/C15H18BrN3O2/c1-10(2)19-9-12(8-18-19)17-7-11-5-13(16)15-14(6-11)20-3-4-21-15/h5-6,8-10,17H,3-4,7H2,1-2H3. The minimum atomic E-state index is 0.365. The predicted octanol–water partition coefficient (Wildman–Crippen LogP) is 3.61. The molecule has 0 fully saturated rings. The molecule has 0 aliphatic carbocycles. The zero-order chi connectivity index (χ0) is 14.8. The van der Waals surface area contributed by atoms with Crippen LogP contribution in [0.1, 0.15) is 25.5 Å². The van der Waals surface area contributed by atoms with Gasteiger partial charge in [0.25, 0.3) is 0 Å². The number of aromatic nitrogens is 2. The Bertz CT molecular complexity index is 640. The van der Waals surface area contributed by atoms with Crippen LogP contribution >= 0.6 is 15.9 Å². The molecule has 0 saturated heterocycles. The largest absolute Gasteiger partial charge is 0.486 e. The topological polar surface area (TPSA) is 48.3 Å². The monoisotopic (exact) mass is 351 g/mol. The van der Waals surface area contributed by atoms with Crippen molar-refractivity contribution in [2.24, 2.45) is 0 Å². The number of hydrogen-bond acceptors (Lipinski definition) is 4. The number of anilines is 1. The smallest absolute Gasteiger partial charge is 0.175 e. The lowest BCUT2D eigenvalue weighted by Gasteiger charge is -2.20. The fourth-order valence-electron chi connectivity index (χ4n) is 2.18. The number of nitrogens with zero attached hydrogens (tertiary/aromatic N) is 2. The normalized spacial score (nSPS) is 13.5. The van der Waals surface area contributed by atoms with E-state index >= 15 is 0 Å². The van der Waals surface area contributed by atoms with Gasteiger partial charge in [-0.3, -0.25) is 4.68 Å². The molecule has 0 radical (unpaired) electrons. The van der Waals surface area contributed by atoms with E-state index in [0.717, 1.165) is 27.2 Å². The molecule has 0 amide bonds. The van der Waals surface area contributed by atoms with E-state index in [1.165, 1.54) is 0 Å². The first-order valence-electron chi connectivity index (χ1n) is 6.99. The van der Waals surface area contributed by atoms with Gasteiger partial charge < -0.3 is 14.8 Å². The quantitative estimate of drug-likeness (QED) is 0.913. The molecule has 1 aromatic carbocycles. The molecule has 1 aliphatic rings. The van der Waals surface area contributed by atoms with Gasteiger partial charge in [-0.05, 0) is 47.5 Å². The molecule has 0 bridgehead atoms. The molecule has 3 rings (SSSR count). The number of nitrogens with one attached hydrogen (secondary N) is 1. The van der Waals surface area contributed by atoms with Crippen molar-refractivity contribution >= 4 is 21.6 Å². The summed E-state index contributed by atoms with van der Waals surface area (Å²) in [5.41, 5.74) is 2.14. The maximum absolute atomic E-state index is 5.63. The van der Waals surface area contributed by atoms with E-state index in [1.807, 2.05) is 29.2 Å². The highest BCUT2D eigenvalue weighted by molar-refractivity contribution is 9.10. The van der Waals surface area contributed by atoms with Gasteiger partial charge in [-0.1, -0.05) is 0 Å². The van der Waals surface area contributed by atoms with Crippen LogP contribution in [0.25, 0.3) is 0 Å². The van der Waals surface area contributed by atoms with E-state index in [4.69, 9.17) is 9.47 Å². The molecule has 1 aliphatic heterocycles. The van der Waals surface area contributed by atoms with Crippen LogP contribution in [0.15, 0.2) is 29.0 Å². The van der Waals surface area contributed by atoms with Gasteiger partial charge in [-0.15, -0.1) is 0 Å². The third-order valence-electron chi connectivity index (χ3n) is 3.28. The first kappa shape index (κ1) is 14.3. The first-order valence-corrected chi connectivity index (χ1v) is 7.79. The number of halogens is 1. The highest BCUT2D eigenvalue weighted by atomic mass is 79.9. The summed E-state index contributed by atoms with van der Waals surface area (Å²) in [5, 5.41) is 7.69. The summed E-state index contributed by atoms with van der Waals surface area (Å²) in [7, 11) is 0.